The molecule has 0 bridgehead atoms. The van der Waals surface area contributed by atoms with E-state index >= 15 is 0 Å². The second-order valence-corrected chi connectivity index (χ2v) is 7.41. The summed E-state index contributed by atoms with van der Waals surface area (Å²) in [5.41, 5.74) is 0. The van der Waals surface area contributed by atoms with Gasteiger partial charge in [0.25, 0.3) is 0 Å². The summed E-state index contributed by atoms with van der Waals surface area (Å²) in [5, 5.41) is 3.41. The molecular weight excluding hydrogens is 338 g/mol. The average Bonchev–Trinajstić information content (AvgIpc) is 3.02. The van der Waals surface area contributed by atoms with Gasteiger partial charge in [-0.25, -0.2) is 15.0 Å². The maximum Gasteiger partial charge on any atom is 0.223 e. The van der Waals surface area contributed by atoms with E-state index < -0.39 is 0 Å². The first-order valence-electron chi connectivity index (χ1n) is 8.42. The normalized spacial score (nSPS) is 18.1. The van der Waals surface area contributed by atoms with E-state index in [9.17, 15) is 4.79 Å². The molecule has 8 heteroatoms. The van der Waals surface area contributed by atoms with Crippen LogP contribution in [0.3, 0.4) is 0 Å². The van der Waals surface area contributed by atoms with Crippen molar-refractivity contribution in [3.8, 4) is 5.75 Å². The van der Waals surface area contributed by atoms with E-state index in [0.29, 0.717) is 16.8 Å². The minimum atomic E-state index is -0.0848. The van der Waals surface area contributed by atoms with Gasteiger partial charge < -0.3 is 10.1 Å². The Morgan fingerprint density at radius 2 is 2.16 bits per heavy atom. The molecule has 0 unspecified atom stereocenters. The highest BCUT2D eigenvalue weighted by atomic mass is 32.1. The van der Waals surface area contributed by atoms with Crippen molar-refractivity contribution in [2.45, 2.75) is 32.7 Å². The monoisotopic (exact) mass is 361 g/mol. The molecule has 1 aliphatic rings. The van der Waals surface area contributed by atoms with Crippen LogP contribution in [0.15, 0.2) is 18.6 Å². The molecule has 0 saturated carbocycles. The predicted octanol–water partition coefficient (Wildman–Crippen LogP) is 2.35. The number of nitrogens with zero attached hydrogens (tertiary/aromatic N) is 4. The maximum atomic E-state index is 11.1. The van der Waals surface area contributed by atoms with Crippen molar-refractivity contribution in [1.82, 2.24) is 19.9 Å². The summed E-state index contributed by atoms with van der Waals surface area (Å²) in [6.07, 6.45) is 8.57. The van der Waals surface area contributed by atoms with Gasteiger partial charge in [-0.1, -0.05) is 0 Å². The minimum Gasteiger partial charge on any atom is -0.494 e. The standard InChI is InChI=1S/C17H23N5O2S/c1-12(23)21-17-20-9-15(25-17)11-22-5-3-4-13(10-22)6-16-18-7-14(24-2)8-19-16/h7-9,13H,3-6,10-11H2,1-2H3,(H,20,21,23)/t13-/m0/s1. The fourth-order valence-corrected chi connectivity index (χ4v) is 3.98. The quantitative estimate of drug-likeness (QED) is 0.851. The Morgan fingerprint density at radius 1 is 1.36 bits per heavy atom. The number of anilines is 1. The van der Waals surface area contributed by atoms with Crippen LogP contribution in [0.4, 0.5) is 5.13 Å². The summed E-state index contributed by atoms with van der Waals surface area (Å²) >= 11 is 1.54. The molecule has 0 aliphatic carbocycles. The zero-order valence-electron chi connectivity index (χ0n) is 14.6. The number of amides is 1. The zero-order valence-corrected chi connectivity index (χ0v) is 15.4. The van der Waals surface area contributed by atoms with Gasteiger partial charge in [-0.3, -0.25) is 9.69 Å². The predicted molar refractivity (Wildman–Crippen MR) is 96.7 cm³/mol. The topological polar surface area (TPSA) is 80.2 Å². The molecule has 1 aliphatic heterocycles. The van der Waals surface area contributed by atoms with E-state index in [0.717, 1.165) is 31.9 Å². The van der Waals surface area contributed by atoms with Crippen molar-refractivity contribution < 1.29 is 9.53 Å². The van der Waals surface area contributed by atoms with Gasteiger partial charge >= 0.3 is 0 Å². The summed E-state index contributed by atoms with van der Waals surface area (Å²) in [5.74, 6) is 2.04. The largest absolute Gasteiger partial charge is 0.494 e. The van der Waals surface area contributed by atoms with Gasteiger partial charge in [0.2, 0.25) is 5.91 Å². The summed E-state index contributed by atoms with van der Waals surface area (Å²) in [4.78, 5) is 27.7. The molecule has 0 spiro atoms. The van der Waals surface area contributed by atoms with E-state index in [4.69, 9.17) is 4.74 Å². The number of methoxy groups -OCH3 is 1. The molecule has 3 heterocycles. The molecule has 1 fully saturated rings. The third-order valence-corrected chi connectivity index (χ3v) is 5.11. The highest BCUT2D eigenvalue weighted by molar-refractivity contribution is 7.15. The second kappa shape index (κ2) is 8.35. The van der Waals surface area contributed by atoms with Crippen molar-refractivity contribution in [2.24, 2.45) is 5.92 Å². The van der Waals surface area contributed by atoms with Gasteiger partial charge in [0.05, 0.1) is 19.5 Å². The molecule has 0 aromatic carbocycles. The van der Waals surface area contributed by atoms with Gasteiger partial charge in [0.15, 0.2) is 10.9 Å². The van der Waals surface area contributed by atoms with Crippen LogP contribution in [0.1, 0.15) is 30.5 Å². The first-order chi connectivity index (χ1) is 12.1. The number of thiazole rings is 1. The highest BCUT2D eigenvalue weighted by Crippen LogP contribution is 2.24. The van der Waals surface area contributed by atoms with Gasteiger partial charge in [0.1, 0.15) is 5.82 Å². The number of carbonyl (C=O) groups excluding carboxylic acids is 1. The van der Waals surface area contributed by atoms with Crippen molar-refractivity contribution >= 4 is 22.4 Å². The van der Waals surface area contributed by atoms with Crippen molar-refractivity contribution in [3.63, 3.8) is 0 Å². The molecule has 1 amide bonds. The molecule has 1 N–H and O–H groups in total. The van der Waals surface area contributed by atoms with Crippen molar-refractivity contribution in [3.05, 3.63) is 29.3 Å². The van der Waals surface area contributed by atoms with Gasteiger partial charge in [0, 0.05) is 37.5 Å². The van der Waals surface area contributed by atoms with E-state index in [1.54, 1.807) is 30.8 Å². The van der Waals surface area contributed by atoms with Crippen LogP contribution >= 0.6 is 11.3 Å². The summed E-state index contributed by atoms with van der Waals surface area (Å²) in [6, 6.07) is 0. The lowest BCUT2D eigenvalue weighted by Crippen LogP contribution is -2.35. The number of likely N-dealkylation sites (tertiary alicyclic amines) is 1. The van der Waals surface area contributed by atoms with E-state index in [-0.39, 0.29) is 5.91 Å². The highest BCUT2D eigenvalue weighted by Gasteiger charge is 2.22. The Kier molecular flexibility index (Phi) is 5.93. The van der Waals surface area contributed by atoms with Crippen LogP contribution in [0.2, 0.25) is 0 Å². The number of ether oxygens (including phenoxy) is 1. The Hall–Kier alpha value is -2.06. The fraction of sp³-hybridized carbons (Fsp3) is 0.529. The van der Waals surface area contributed by atoms with Crippen LogP contribution in [-0.4, -0.2) is 46.0 Å². The molecule has 7 nitrogen and oxygen atoms in total. The van der Waals surface area contributed by atoms with Crippen molar-refractivity contribution in [2.75, 3.05) is 25.5 Å². The molecule has 1 saturated heterocycles. The first-order valence-corrected chi connectivity index (χ1v) is 9.23. The Balaban J connectivity index is 1.53. The number of hydrogen-bond donors (Lipinski definition) is 1. The van der Waals surface area contributed by atoms with Crippen LogP contribution in [0.5, 0.6) is 5.75 Å². The third kappa shape index (κ3) is 5.20. The molecule has 25 heavy (non-hydrogen) atoms. The van der Waals surface area contributed by atoms with Gasteiger partial charge in [-0.2, -0.15) is 0 Å². The number of carbonyl (C=O) groups is 1. The van der Waals surface area contributed by atoms with E-state index in [1.807, 2.05) is 6.20 Å². The lowest BCUT2D eigenvalue weighted by Gasteiger charge is -2.32. The maximum absolute atomic E-state index is 11.1. The van der Waals surface area contributed by atoms with Crippen molar-refractivity contribution in [1.29, 1.82) is 0 Å². The lowest BCUT2D eigenvalue weighted by molar-refractivity contribution is -0.114. The Morgan fingerprint density at radius 3 is 2.88 bits per heavy atom. The van der Waals surface area contributed by atoms with Gasteiger partial charge in [-0.15, -0.1) is 11.3 Å². The SMILES string of the molecule is COc1cnc(C[C@@H]2CCCN(Cc3cnc(NC(C)=O)s3)C2)nc1. The Bertz CT molecular complexity index is 703. The molecule has 2 aromatic heterocycles. The summed E-state index contributed by atoms with van der Waals surface area (Å²) < 4.78 is 5.10. The van der Waals surface area contributed by atoms with Crippen LogP contribution in [0, 0.1) is 5.92 Å². The van der Waals surface area contributed by atoms with Crippen LogP contribution in [-0.2, 0) is 17.8 Å². The van der Waals surface area contributed by atoms with Gasteiger partial charge in [-0.05, 0) is 25.3 Å². The summed E-state index contributed by atoms with van der Waals surface area (Å²) in [7, 11) is 1.62. The third-order valence-electron chi connectivity index (χ3n) is 4.21. The molecule has 2 aromatic rings. The number of rotatable bonds is 6. The number of nitrogens with one attached hydrogen (secondary N) is 1. The molecule has 0 radical (unpaired) electrons. The number of piperidine rings is 1. The molecule has 134 valence electrons. The second-order valence-electron chi connectivity index (χ2n) is 6.30. The molecule has 3 rings (SSSR count). The number of aromatic nitrogens is 3. The summed E-state index contributed by atoms with van der Waals surface area (Å²) in [6.45, 7) is 4.49. The Labute approximate surface area is 151 Å². The average molecular weight is 361 g/mol. The lowest BCUT2D eigenvalue weighted by atomic mass is 9.94. The van der Waals surface area contributed by atoms with Crippen LogP contribution < -0.4 is 10.1 Å². The first kappa shape index (κ1) is 17.8. The van der Waals surface area contributed by atoms with E-state index in [1.165, 1.54) is 24.6 Å². The minimum absolute atomic E-state index is 0.0848. The van der Waals surface area contributed by atoms with Crippen LogP contribution in [0.25, 0.3) is 0 Å². The van der Waals surface area contributed by atoms with E-state index in [2.05, 4.69) is 25.2 Å². The molecule has 1 atom stereocenters. The zero-order chi connectivity index (χ0) is 17.6. The fourth-order valence-electron chi connectivity index (χ4n) is 3.08. The molecular formula is C17H23N5O2S. The smallest absolute Gasteiger partial charge is 0.223 e. The number of hydrogen-bond acceptors (Lipinski definition) is 7.